The molecule has 0 radical (unpaired) electrons. The molecule has 0 saturated heterocycles. The number of carbonyl (C=O) groups is 1. The molecule has 2 aromatic rings. The average Bonchev–Trinajstić information content (AvgIpc) is 2.48. The van der Waals surface area contributed by atoms with E-state index in [2.05, 4.69) is 21.2 Å². The van der Waals surface area contributed by atoms with Crippen molar-refractivity contribution >= 4 is 45.0 Å². The molecule has 0 aliphatic rings. The van der Waals surface area contributed by atoms with Gasteiger partial charge in [-0.3, -0.25) is 14.9 Å². The second kappa shape index (κ2) is 7.37. The van der Waals surface area contributed by atoms with Crippen LogP contribution in [0.1, 0.15) is 0 Å². The Morgan fingerprint density at radius 1 is 1.27 bits per heavy atom. The Kier molecular flexibility index (Phi) is 5.51. The molecule has 2 aromatic carbocycles. The molecule has 0 fully saturated rings. The highest BCUT2D eigenvalue weighted by molar-refractivity contribution is 9.10. The van der Waals surface area contributed by atoms with Crippen molar-refractivity contribution in [2.24, 2.45) is 0 Å². The first kappa shape index (κ1) is 16.4. The molecule has 1 N–H and O–H groups in total. The summed E-state index contributed by atoms with van der Waals surface area (Å²) in [7, 11) is 0. The van der Waals surface area contributed by atoms with Crippen molar-refractivity contribution in [3.63, 3.8) is 0 Å². The van der Waals surface area contributed by atoms with E-state index in [1.54, 1.807) is 0 Å². The van der Waals surface area contributed by atoms with E-state index in [1.807, 2.05) is 24.3 Å². The molecule has 0 spiro atoms. The Morgan fingerprint density at radius 3 is 2.59 bits per heavy atom. The molecule has 2 rings (SSSR count). The molecule has 0 aromatic heterocycles. The number of rotatable bonds is 5. The predicted octanol–water partition coefficient (Wildman–Crippen LogP) is 4.23. The summed E-state index contributed by atoms with van der Waals surface area (Å²) < 4.78 is 14.0. The van der Waals surface area contributed by atoms with Crippen LogP contribution in [0.2, 0.25) is 0 Å². The van der Waals surface area contributed by atoms with Gasteiger partial charge in [0.05, 0.1) is 16.7 Å². The van der Waals surface area contributed by atoms with Crippen LogP contribution in [0.3, 0.4) is 0 Å². The smallest absolute Gasteiger partial charge is 0.295 e. The zero-order valence-corrected chi connectivity index (χ0v) is 13.5. The number of benzene rings is 2. The summed E-state index contributed by atoms with van der Waals surface area (Å²) in [6, 6.07) is 10.4. The quantitative estimate of drug-likeness (QED) is 0.475. The second-order valence-electron chi connectivity index (χ2n) is 4.21. The van der Waals surface area contributed by atoms with Crippen LogP contribution < -0.4 is 5.32 Å². The molecule has 0 bridgehead atoms. The molecule has 22 heavy (non-hydrogen) atoms. The number of nitrogens with one attached hydrogen (secondary N) is 1. The highest BCUT2D eigenvalue weighted by Crippen LogP contribution is 2.26. The van der Waals surface area contributed by atoms with Crippen molar-refractivity contribution < 1.29 is 14.1 Å². The Labute approximate surface area is 138 Å². The van der Waals surface area contributed by atoms with E-state index in [1.165, 1.54) is 17.8 Å². The van der Waals surface area contributed by atoms with Crippen LogP contribution in [0.25, 0.3) is 0 Å². The van der Waals surface area contributed by atoms with Gasteiger partial charge in [0, 0.05) is 9.37 Å². The van der Waals surface area contributed by atoms with Gasteiger partial charge in [0.15, 0.2) is 0 Å². The van der Waals surface area contributed by atoms with Crippen LogP contribution in [0.5, 0.6) is 0 Å². The van der Waals surface area contributed by atoms with Gasteiger partial charge in [0.2, 0.25) is 5.91 Å². The van der Waals surface area contributed by atoms with Gasteiger partial charge in [-0.05, 0) is 36.4 Å². The molecule has 114 valence electrons. The van der Waals surface area contributed by atoms with Crippen LogP contribution in [-0.4, -0.2) is 16.6 Å². The molecule has 0 saturated carbocycles. The third-order valence-corrected chi connectivity index (χ3v) is 4.15. The lowest BCUT2D eigenvalue weighted by molar-refractivity contribution is -0.384. The van der Waals surface area contributed by atoms with Crippen molar-refractivity contribution in [1.82, 2.24) is 0 Å². The third-order valence-electron chi connectivity index (χ3n) is 2.61. The van der Waals surface area contributed by atoms with Crippen molar-refractivity contribution in [3.05, 3.63) is 62.9 Å². The van der Waals surface area contributed by atoms with Gasteiger partial charge in [-0.25, -0.2) is 4.39 Å². The fourth-order valence-electron chi connectivity index (χ4n) is 1.63. The maximum Gasteiger partial charge on any atom is 0.295 e. The summed E-state index contributed by atoms with van der Waals surface area (Å²) in [6.07, 6.45) is 0. The van der Waals surface area contributed by atoms with Crippen LogP contribution in [0, 0.1) is 15.9 Å². The number of nitro groups is 1. The largest absolute Gasteiger partial charge is 0.320 e. The molecule has 0 atom stereocenters. The number of halogens is 2. The number of hydrogen-bond donors (Lipinski definition) is 1. The van der Waals surface area contributed by atoms with Crippen molar-refractivity contribution in [2.75, 3.05) is 11.1 Å². The number of amides is 1. The predicted molar refractivity (Wildman–Crippen MR) is 86.6 cm³/mol. The molecule has 0 heterocycles. The second-order valence-corrected chi connectivity index (χ2v) is 6.17. The van der Waals surface area contributed by atoms with Crippen molar-refractivity contribution in [1.29, 1.82) is 0 Å². The molecular formula is C14H10BrFN2O3S. The first-order chi connectivity index (χ1) is 10.5. The molecule has 8 heteroatoms. The Morgan fingerprint density at radius 2 is 1.95 bits per heavy atom. The van der Waals surface area contributed by atoms with E-state index >= 15 is 0 Å². The summed E-state index contributed by atoms with van der Waals surface area (Å²) in [5.74, 6) is -1.03. The standard InChI is InChI=1S/C14H10BrFN2O3S/c15-9-1-4-11(5-2-9)22-8-14(19)17-12-6-3-10(16)7-13(12)18(20)21/h1-7H,8H2,(H,17,19). The fourth-order valence-corrected chi connectivity index (χ4v) is 2.59. The summed E-state index contributed by atoms with van der Waals surface area (Å²) >= 11 is 4.61. The molecule has 1 amide bonds. The van der Waals surface area contributed by atoms with E-state index in [0.717, 1.165) is 21.5 Å². The first-order valence-corrected chi connectivity index (χ1v) is 7.86. The monoisotopic (exact) mass is 384 g/mol. The normalized spacial score (nSPS) is 10.3. The van der Waals surface area contributed by atoms with Crippen LogP contribution in [0.15, 0.2) is 51.8 Å². The SMILES string of the molecule is O=C(CSc1ccc(Br)cc1)Nc1ccc(F)cc1[N+](=O)[O-]. The minimum atomic E-state index is -0.736. The lowest BCUT2D eigenvalue weighted by Gasteiger charge is -2.06. The number of thioether (sulfide) groups is 1. The average molecular weight is 385 g/mol. The number of carbonyl (C=O) groups excluding carboxylic acids is 1. The highest BCUT2D eigenvalue weighted by Gasteiger charge is 2.16. The molecule has 0 aliphatic heterocycles. The molecule has 0 aliphatic carbocycles. The van der Waals surface area contributed by atoms with Gasteiger partial charge >= 0.3 is 0 Å². The fraction of sp³-hybridized carbons (Fsp3) is 0.0714. The minimum Gasteiger partial charge on any atom is -0.320 e. The lowest BCUT2D eigenvalue weighted by atomic mass is 10.2. The number of anilines is 1. The number of nitro benzene ring substituents is 1. The highest BCUT2D eigenvalue weighted by atomic mass is 79.9. The van der Waals surface area contributed by atoms with E-state index in [-0.39, 0.29) is 11.4 Å². The molecular weight excluding hydrogens is 375 g/mol. The van der Waals surface area contributed by atoms with Crippen molar-refractivity contribution in [3.8, 4) is 0 Å². The molecule has 5 nitrogen and oxygen atoms in total. The Hall–Kier alpha value is -1.93. The molecule has 0 unspecified atom stereocenters. The van der Waals surface area contributed by atoms with Gasteiger partial charge < -0.3 is 5.32 Å². The minimum absolute atomic E-state index is 0.0205. The maximum absolute atomic E-state index is 13.0. The van der Waals surface area contributed by atoms with Crippen molar-refractivity contribution in [2.45, 2.75) is 4.90 Å². The maximum atomic E-state index is 13.0. The van der Waals surface area contributed by atoms with E-state index < -0.39 is 22.3 Å². The summed E-state index contributed by atoms with van der Waals surface area (Å²) in [6.45, 7) is 0. The van der Waals surface area contributed by atoms with E-state index in [4.69, 9.17) is 0 Å². The van der Waals surface area contributed by atoms with Crippen LogP contribution >= 0.6 is 27.7 Å². The first-order valence-electron chi connectivity index (χ1n) is 6.08. The number of hydrogen-bond acceptors (Lipinski definition) is 4. The van der Waals surface area contributed by atoms with Gasteiger partial charge in [0.25, 0.3) is 5.69 Å². The van der Waals surface area contributed by atoms with Gasteiger partial charge in [-0.1, -0.05) is 15.9 Å². The zero-order chi connectivity index (χ0) is 16.1. The van der Waals surface area contributed by atoms with Gasteiger partial charge in [0.1, 0.15) is 11.5 Å². The van der Waals surface area contributed by atoms with Crippen LogP contribution in [-0.2, 0) is 4.79 Å². The van der Waals surface area contributed by atoms with E-state index in [0.29, 0.717) is 0 Å². The summed E-state index contributed by atoms with van der Waals surface area (Å²) in [4.78, 5) is 22.9. The lowest BCUT2D eigenvalue weighted by Crippen LogP contribution is -2.15. The zero-order valence-electron chi connectivity index (χ0n) is 11.1. The summed E-state index contributed by atoms with van der Waals surface area (Å²) in [5.41, 5.74) is -0.491. The Bertz CT molecular complexity index is 710. The van der Waals surface area contributed by atoms with Gasteiger partial charge in [-0.2, -0.15) is 0 Å². The summed E-state index contributed by atoms with van der Waals surface area (Å²) in [5, 5.41) is 13.3. The number of nitrogens with zero attached hydrogens (tertiary/aromatic N) is 1. The van der Waals surface area contributed by atoms with Crippen LogP contribution in [0.4, 0.5) is 15.8 Å². The third kappa shape index (κ3) is 4.54. The Balaban J connectivity index is 2.00. The van der Waals surface area contributed by atoms with Gasteiger partial charge in [-0.15, -0.1) is 11.8 Å². The van der Waals surface area contributed by atoms with E-state index in [9.17, 15) is 19.3 Å². The topological polar surface area (TPSA) is 72.2 Å².